The van der Waals surface area contributed by atoms with Gasteiger partial charge < -0.3 is 10.2 Å². The van der Waals surface area contributed by atoms with Crippen molar-refractivity contribution in [2.45, 2.75) is 39.8 Å². The second-order valence-corrected chi connectivity index (χ2v) is 10.5. The highest BCUT2D eigenvalue weighted by molar-refractivity contribution is 7.92. The van der Waals surface area contributed by atoms with Crippen molar-refractivity contribution in [3.05, 3.63) is 63.6 Å². The van der Waals surface area contributed by atoms with Gasteiger partial charge in [-0.25, -0.2) is 8.42 Å². The van der Waals surface area contributed by atoms with Crippen molar-refractivity contribution in [1.29, 1.82) is 0 Å². The minimum atomic E-state index is -3.82. The minimum absolute atomic E-state index is 0.114. The van der Waals surface area contributed by atoms with Crippen LogP contribution in [0.25, 0.3) is 0 Å². The zero-order valence-corrected chi connectivity index (χ0v) is 21.5. The molecule has 0 aliphatic carbocycles. The number of sulfonamides is 1. The number of rotatable bonds is 10. The Bertz CT molecular complexity index is 1090. The van der Waals surface area contributed by atoms with Gasteiger partial charge in [-0.2, -0.15) is 0 Å². The number of hydrogen-bond acceptors (Lipinski definition) is 4. The molecule has 0 saturated heterocycles. The number of carbonyl (C=O) groups is 2. The van der Waals surface area contributed by atoms with Gasteiger partial charge in [0.25, 0.3) is 0 Å². The third-order valence-corrected chi connectivity index (χ3v) is 6.96. The molecule has 0 spiro atoms. The zero-order chi connectivity index (χ0) is 24.8. The van der Waals surface area contributed by atoms with Crippen LogP contribution in [0.2, 0.25) is 10.0 Å². The topological polar surface area (TPSA) is 86.8 Å². The van der Waals surface area contributed by atoms with E-state index in [1.807, 2.05) is 6.92 Å². The van der Waals surface area contributed by atoms with E-state index in [0.717, 1.165) is 22.5 Å². The van der Waals surface area contributed by atoms with Gasteiger partial charge in [0.1, 0.15) is 12.6 Å². The number of anilines is 1. The first-order valence-electron chi connectivity index (χ1n) is 10.5. The summed E-state index contributed by atoms with van der Waals surface area (Å²) in [7, 11) is -3.82. The molecule has 0 unspecified atom stereocenters. The van der Waals surface area contributed by atoms with E-state index < -0.39 is 28.5 Å². The summed E-state index contributed by atoms with van der Waals surface area (Å²) in [5.41, 5.74) is 1.61. The number of halogens is 2. The molecular weight excluding hydrogens is 485 g/mol. The van der Waals surface area contributed by atoms with Crippen molar-refractivity contribution in [1.82, 2.24) is 10.2 Å². The fourth-order valence-electron chi connectivity index (χ4n) is 3.23. The van der Waals surface area contributed by atoms with Gasteiger partial charge in [-0.3, -0.25) is 13.9 Å². The lowest BCUT2D eigenvalue weighted by molar-refractivity contribution is -0.139. The summed E-state index contributed by atoms with van der Waals surface area (Å²) in [5, 5.41) is 3.73. The maximum Gasteiger partial charge on any atom is 0.244 e. The van der Waals surface area contributed by atoms with Crippen LogP contribution >= 0.6 is 23.2 Å². The van der Waals surface area contributed by atoms with Crippen molar-refractivity contribution < 1.29 is 18.0 Å². The van der Waals surface area contributed by atoms with Crippen LogP contribution in [0.1, 0.15) is 31.4 Å². The van der Waals surface area contributed by atoms with E-state index in [9.17, 15) is 18.0 Å². The Balaban J connectivity index is 2.40. The average Bonchev–Trinajstić information content (AvgIpc) is 2.76. The van der Waals surface area contributed by atoms with Crippen LogP contribution in [0.3, 0.4) is 0 Å². The summed E-state index contributed by atoms with van der Waals surface area (Å²) in [5.74, 6) is -0.835. The fraction of sp³-hybridized carbons (Fsp3) is 0.391. The number of nitrogens with one attached hydrogen (secondary N) is 1. The molecule has 0 aliphatic heterocycles. The number of hydrogen-bond donors (Lipinski definition) is 1. The van der Waals surface area contributed by atoms with Gasteiger partial charge in [-0.15, -0.1) is 0 Å². The molecule has 2 rings (SSSR count). The van der Waals surface area contributed by atoms with E-state index in [2.05, 4.69) is 5.32 Å². The van der Waals surface area contributed by atoms with Crippen LogP contribution in [-0.2, 0) is 26.2 Å². The Kier molecular flexibility index (Phi) is 9.57. The maximum atomic E-state index is 13.4. The fourth-order valence-corrected chi connectivity index (χ4v) is 4.42. The monoisotopic (exact) mass is 513 g/mol. The Morgan fingerprint density at radius 3 is 2.30 bits per heavy atom. The van der Waals surface area contributed by atoms with Gasteiger partial charge in [0.05, 0.1) is 11.9 Å². The van der Waals surface area contributed by atoms with Crippen molar-refractivity contribution in [2.24, 2.45) is 0 Å². The highest BCUT2D eigenvalue weighted by Crippen LogP contribution is 2.28. The lowest BCUT2D eigenvalue weighted by Gasteiger charge is -2.32. The smallest absolute Gasteiger partial charge is 0.244 e. The summed E-state index contributed by atoms with van der Waals surface area (Å²) in [4.78, 5) is 27.5. The average molecular weight is 514 g/mol. The highest BCUT2D eigenvalue weighted by atomic mass is 35.5. The van der Waals surface area contributed by atoms with Crippen LogP contribution in [-0.4, -0.2) is 50.5 Å². The molecule has 0 bridgehead atoms. The van der Waals surface area contributed by atoms with Gasteiger partial charge in [-0.05, 0) is 55.7 Å². The van der Waals surface area contributed by atoms with Gasteiger partial charge in [0.15, 0.2) is 0 Å². The van der Waals surface area contributed by atoms with Crippen LogP contribution in [0.5, 0.6) is 0 Å². The van der Waals surface area contributed by atoms with Crippen molar-refractivity contribution in [3.63, 3.8) is 0 Å². The number of amides is 2. The summed E-state index contributed by atoms with van der Waals surface area (Å²) >= 11 is 12.2. The molecule has 180 valence electrons. The predicted molar refractivity (Wildman–Crippen MR) is 133 cm³/mol. The van der Waals surface area contributed by atoms with Crippen molar-refractivity contribution in [2.75, 3.05) is 23.7 Å². The van der Waals surface area contributed by atoms with E-state index in [1.165, 1.54) is 4.90 Å². The molecule has 0 aliphatic rings. The van der Waals surface area contributed by atoms with Gasteiger partial charge >= 0.3 is 0 Å². The Morgan fingerprint density at radius 2 is 1.73 bits per heavy atom. The molecule has 1 atom stereocenters. The second kappa shape index (κ2) is 11.7. The standard InChI is InChI=1S/C23H29Cl2N3O4S/c1-5-13-26-23(30)17(3)27(14-18-9-11-19(24)12-10-18)22(29)15-28(33(4,31)32)21-8-6-7-20(25)16(21)2/h6-12,17H,5,13-15H2,1-4H3,(H,26,30)/t17-/m1/s1. The predicted octanol–water partition coefficient (Wildman–Crippen LogP) is 4.01. The van der Waals surface area contributed by atoms with Crippen LogP contribution in [0.15, 0.2) is 42.5 Å². The molecule has 0 aromatic heterocycles. The molecule has 0 heterocycles. The first-order chi connectivity index (χ1) is 15.5. The van der Waals surface area contributed by atoms with Crippen LogP contribution in [0.4, 0.5) is 5.69 Å². The van der Waals surface area contributed by atoms with Crippen LogP contribution < -0.4 is 9.62 Å². The molecule has 1 N–H and O–H groups in total. The normalized spacial score (nSPS) is 12.2. The van der Waals surface area contributed by atoms with E-state index in [1.54, 1.807) is 56.3 Å². The molecule has 33 heavy (non-hydrogen) atoms. The SMILES string of the molecule is CCCNC(=O)[C@@H](C)N(Cc1ccc(Cl)cc1)C(=O)CN(c1cccc(Cl)c1C)S(C)(=O)=O. The summed E-state index contributed by atoms with van der Waals surface area (Å²) in [6.45, 7) is 5.35. The maximum absolute atomic E-state index is 13.4. The number of benzene rings is 2. The summed E-state index contributed by atoms with van der Waals surface area (Å²) in [6.07, 6.45) is 1.78. The van der Waals surface area contributed by atoms with Gasteiger partial charge in [0, 0.05) is 23.1 Å². The number of nitrogens with zero attached hydrogens (tertiary/aromatic N) is 2. The molecule has 7 nitrogen and oxygen atoms in total. The molecule has 0 saturated carbocycles. The summed E-state index contributed by atoms with van der Waals surface area (Å²) in [6, 6.07) is 11.0. The van der Waals surface area contributed by atoms with Crippen molar-refractivity contribution in [3.8, 4) is 0 Å². The van der Waals surface area contributed by atoms with E-state index >= 15 is 0 Å². The highest BCUT2D eigenvalue weighted by Gasteiger charge is 2.30. The first-order valence-corrected chi connectivity index (χ1v) is 13.1. The van der Waals surface area contributed by atoms with E-state index in [-0.39, 0.29) is 12.5 Å². The van der Waals surface area contributed by atoms with Crippen molar-refractivity contribution >= 4 is 50.7 Å². The molecule has 0 radical (unpaired) electrons. The van der Waals surface area contributed by atoms with E-state index in [4.69, 9.17) is 23.2 Å². The molecule has 2 aromatic carbocycles. The second-order valence-electron chi connectivity index (χ2n) is 7.77. The molecule has 10 heteroatoms. The minimum Gasteiger partial charge on any atom is -0.354 e. The quantitative estimate of drug-likeness (QED) is 0.519. The largest absolute Gasteiger partial charge is 0.354 e. The van der Waals surface area contributed by atoms with Gasteiger partial charge in [0.2, 0.25) is 21.8 Å². The third-order valence-electron chi connectivity index (χ3n) is 5.17. The lowest BCUT2D eigenvalue weighted by Crippen LogP contribution is -2.51. The van der Waals surface area contributed by atoms with Crippen LogP contribution in [0, 0.1) is 6.92 Å². The lowest BCUT2D eigenvalue weighted by atomic mass is 10.1. The van der Waals surface area contributed by atoms with Gasteiger partial charge in [-0.1, -0.05) is 48.3 Å². The molecule has 2 aromatic rings. The summed E-state index contributed by atoms with van der Waals surface area (Å²) < 4.78 is 26.2. The Labute approximate surface area is 205 Å². The number of carbonyl (C=O) groups excluding carboxylic acids is 2. The Hall–Kier alpha value is -2.29. The molecule has 2 amide bonds. The molecule has 0 fully saturated rings. The Morgan fingerprint density at radius 1 is 1.09 bits per heavy atom. The van der Waals surface area contributed by atoms with E-state index in [0.29, 0.717) is 27.8 Å². The molecular formula is C23H29Cl2N3O4S. The third kappa shape index (κ3) is 7.35. The zero-order valence-electron chi connectivity index (χ0n) is 19.1. The first kappa shape index (κ1) is 27.0.